The van der Waals surface area contributed by atoms with Crippen LogP contribution in [0.4, 0.5) is 19.1 Å². The molecular formula is C16H12F3N5O. The third-order valence-electron chi connectivity index (χ3n) is 3.46. The smallest absolute Gasteiger partial charge is 0.370 e. The van der Waals surface area contributed by atoms with Crippen molar-refractivity contribution in [3.8, 4) is 17.7 Å². The van der Waals surface area contributed by atoms with Crippen molar-refractivity contribution < 1.29 is 18.3 Å². The maximum absolute atomic E-state index is 12.7. The van der Waals surface area contributed by atoms with E-state index in [1.807, 2.05) is 5.92 Å². The van der Waals surface area contributed by atoms with Crippen molar-refractivity contribution >= 4 is 17.0 Å². The molecule has 25 heavy (non-hydrogen) atoms. The maximum Gasteiger partial charge on any atom is 0.428 e. The first-order valence-corrected chi connectivity index (χ1v) is 7.06. The summed E-state index contributed by atoms with van der Waals surface area (Å²) in [5.41, 5.74) is 3.94. The highest BCUT2D eigenvalue weighted by Crippen LogP contribution is 2.29. The highest BCUT2D eigenvalue weighted by Gasteiger charge is 2.48. The molecule has 3 rings (SSSR count). The second kappa shape index (κ2) is 5.75. The van der Waals surface area contributed by atoms with E-state index in [0.29, 0.717) is 29.3 Å². The molecule has 128 valence electrons. The van der Waals surface area contributed by atoms with Crippen molar-refractivity contribution in [3.63, 3.8) is 0 Å². The van der Waals surface area contributed by atoms with Crippen LogP contribution in [-0.2, 0) is 0 Å². The van der Waals surface area contributed by atoms with Gasteiger partial charge in [0.1, 0.15) is 12.1 Å². The van der Waals surface area contributed by atoms with E-state index in [-0.39, 0.29) is 5.95 Å². The fraction of sp³-hybridized carbons (Fsp3) is 0.188. The topological polar surface area (TPSA) is 89.9 Å². The Morgan fingerprint density at radius 2 is 1.96 bits per heavy atom. The number of rotatable bonds is 1. The molecule has 0 fully saturated rings. The number of halogens is 3. The van der Waals surface area contributed by atoms with Gasteiger partial charge in [0.2, 0.25) is 11.5 Å². The molecule has 2 aromatic heterocycles. The van der Waals surface area contributed by atoms with Gasteiger partial charge in [0, 0.05) is 11.8 Å². The van der Waals surface area contributed by atoms with E-state index in [1.54, 1.807) is 22.8 Å². The number of nitrogens with two attached hydrogens (primary N) is 1. The molecule has 3 aromatic rings. The number of alkyl halides is 3. The molecule has 0 bridgehead atoms. The molecule has 6 nitrogen and oxygen atoms in total. The number of hydrogen-bond acceptors (Lipinski definition) is 5. The summed E-state index contributed by atoms with van der Waals surface area (Å²) in [5.74, 6) is 4.73. The molecule has 0 aliphatic rings. The SMILES string of the molecule is CC(O)(C#Cc1ccc2ncn(-c3ccnc(N)n3)c2c1)C(F)(F)F. The van der Waals surface area contributed by atoms with Gasteiger partial charge in [0.25, 0.3) is 0 Å². The Labute approximate surface area is 140 Å². The number of nitrogen functional groups attached to an aromatic ring is 1. The summed E-state index contributed by atoms with van der Waals surface area (Å²) in [7, 11) is 0. The monoisotopic (exact) mass is 347 g/mol. The molecule has 9 heteroatoms. The summed E-state index contributed by atoms with van der Waals surface area (Å²) >= 11 is 0. The quantitative estimate of drug-likeness (QED) is 0.658. The maximum atomic E-state index is 12.7. The normalized spacial score (nSPS) is 14.0. The summed E-state index contributed by atoms with van der Waals surface area (Å²) in [4.78, 5) is 12.1. The number of benzene rings is 1. The predicted octanol–water partition coefficient (Wildman–Crippen LogP) is 2.06. The minimum atomic E-state index is -4.84. The molecule has 0 saturated carbocycles. The van der Waals surface area contributed by atoms with Crippen LogP contribution < -0.4 is 5.73 Å². The van der Waals surface area contributed by atoms with Gasteiger partial charge in [-0.1, -0.05) is 11.8 Å². The van der Waals surface area contributed by atoms with Crippen molar-refractivity contribution in [2.45, 2.75) is 18.7 Å². The Hall–Kier alpha value is -3.12. The van der Waals surface area contributed by atoms with E-state index in [0.717, 1.165) is 0 Å². The highest BCUT2D eigenvalue weighted by molar-refractivity contribution is 5.78. The van der Waals surface area contributed by atoms with Crippen LogP contribution in [0, 0.1) is 11.8 Å². The summed E-state index contributed by atoms with van der Waals surface area (Å²) in [6, 6.07) is 6.31. The van der Waals surface area contributed by atoms with Crippen molar-refractivity contribution in [1.29, 1.82) is 0 Å². The van der Waals surface area contributed by atoms with E-state index in [4.69, 9.17) is 5.73 Å². The molecule has 0 saturated heterocycles. The molecule has 1 atom stereocenters. The van der Waals surface area contributed by atoms with Gasteiger partial charge in [-0.3, -0.25) is 4.57 Å². The van der Waals surface area contributed by atoms with Crippen LogP contribution in [-0.4, -0.2) is 36.4 Å². The first-order chi connectivity index (χ1) is 11.7. The van der Waals surface area contributed by atoms with Gasteiger partial charge in [-0.25, -0.2) is 9.97 Å². The van der Waals surface area contributed by atoms with E-state index in [9.17, 15) is 18.3 Å². The third kappa shape index (κ3) is 3.25. The third-order valence-corrected chi connectivity index (χ3v) is 3.46. The molecule has 0 radical (unpaired) electrons. The van der Waals surface area contributed by atoms with Gasteiger partial charge in [0.15, 0.2) is 0 Å². The summed E-state index contributed by atoms with van der Waals surface area (Å²) in [6.07, 6.45) is -1.85. The number of aliphatic hydroxyl groups is 1. The van der Waals surface area contributed by atoms with Crippen LogP contribution in [0.2, 0.25) is 0 Å². The first kappa shape index (κ1) is 16.7. The second-order valence-corrected chi connectivity index (χ2v) is 5.41. The lowest BCUT2D eigenvalue weighted by Crippen LogP contribution is -2.40. The van der Waals surface area contributed by atoms with Crippen molar-refractivity contribution in [3.05, 3.63) is 42.4 Å². The van der Waals surface area contributed by atoms with Gasteiger partial charge >= 0.3 is 6.18 Å². The second-order valence-electron chi connectivity index (χ2n) is 5.41. The van der Waals surface area contributed by atoms with Crippen LogP contribution in [0.25, 0.3) is 16.9 Å². The molecule has 0 aliphatic carbocycles. The van der Waals surface area contributed by atoms with Gasteiger partial charge in [-0.2, -0.15) is 18.2 Å². The predicted molar refractivity (Wildman–Crippen MR) is 84.6 cm³/mol. The lowest BCUT2D eigenvalue weighted by molar-refractivity contribution is -0.228. The van der Waals surface area contributed by atoms with Crippen molar-refractivity contribution in [2.24, 2.45) is 0 Å². The van der Waals surface area contributed by atoms with Gasteiger partial charge in [-0.05, 0) is 31.2 Å². The fourth-order valence-corrected chi connectivity index (χ4v) is 2.03. The molecule has 0 spiro atoms. The number of nitrogens with zero attached hydrogens (tertiary/aromatic N) is 4. The molecule has 1 unspecified atom stereocenters. The zero-order valence-corrected chi connectivity index (χ0v) is 12.9. The van der Waals surface area contributed by atoms with Gasteiger partial charge < -0.3 is 10.8 Å². The number of fused-ring (bicyclic) bond motifs is 1. The fourth-order valence-electron chi connectivity index (χ4n) is 2.03. The average Bonchev–Trinajstić information content (AvgIpc) is 2.95. The number of anilines is 1. The first-order valence-electron chi connectivity index (χ1n) is 7.06. The average molecular weight is 347 g/mol. The number of hydrogen-bond donors (Lipinski definition) is 2. The zero-order valence-electron chi connectivity index (χ0n) is 12.9. The largest absolute Gasteiger partial charge is 0.428 e. The summed E-state index contributed by atoms with van der Waals surface area (Å²) in [5, 5.41) is 9.40. The van der Waals surface area contributed by atoms with Crippen molar-refractivity contribution in [2.75, 3.05) is 5.73 Å². The molecule has 0 amide bonds. The van der Waals surface area contributed by atoms with Crippen LogP contribution >= 0.6 is 0 Å². The minimum Gasteiger partial charge on any atom is -0.370 e. The van der Waals surface area contributed by atoms with Crippen LogP contribution in [0.3, 0.4) is 0 Å². The zero-order chi connectivity index (χ0) is 18.2. The summed E-state index contributed by atoms with van der Waals surface area (Å²) < 4.78 is 39.6. The van der Waals surface area contributed by atoms with E-state index >= 15 is 0 Å². The Bertz CT molecular complexity index is 998. The Kier molecular flexibility index (Phi) is 3.85. The number of aromatic nitrogens is 4. The van der Waals surface area contributed by atoms with Crippen molar-refractivity contribution in [1.82, 2.24) is 19.5 Å². The Morgan fingerprint density at radius 1 is 1.20 bits per heavy atom. The van der Waals surface area contributed by atoms with E-state index < -0.39 is 11.8 Å². The number of imidazole rings is 1. The lowest BCUT2D eigenvalue weighted by atomic mass is 10.1. The van der Waals surface area contributed by atoms with Gasteiger partial charge in [0.05, 0.1) is 11.0 Å². The lowest BCUT2D eigenvalue weighted by Gasteiger charge is -2.19. The highest BCUT2D eigenvalue weighted by atomic mass is 19.4. The van der Waals surface area contributed by atoms with Crippen LogP contribution in [0.1, 0.15) is 12.5 Å². The standard InChI is InChI=1S/C16H12F3N5O/c1-15(25,16(17,18)19)6-4-10-2-3-11-12(8-10)24(9-22-11)13-5-7-21-14(20)23-13/h2-3,5,7-9,25H,1H3,(H2,20,21,23). The van der Waals surface area contributed by atoms with Crippen LogP contribution in [0.15, 0.2) is 36.8 Å². The van der Waals surface area contributed by atoms with E-state index in [1.165, 1.54) is 18.6 Å². The minimum absolute atomic E-state index is 0.0801. The molecular weight excluding hydrogens is 335 g/mol. The molecule has 1 aromatic carbocycles. The van der Waals surface area contributed by atoms with E-state index in [2.05, 4.69) is 20.9 Å². The van der Waals surface area contributed by atoms with Gasteiger partial charge in [-0.15, -0.1) is 0 Å². The summed E-state index contributed by atoms with van der Waals surface area (Å²) in [6.45, 7) is 0.604. The Balaban J connectivity index is 2.05. The Morgan fingerprint density at radius 3 is 2.64 bits per heavy atom. The van der Waals surface area contributed by atoms with Crippen LogP contribution in [0.5, 0.6) is 0 Å². The molecule has 2 heterocycles. The molecule has 0 aliphatic heterocycles. The molecule has 3 N–H and O–H groups in total.